The van der Waals surface area contributed by atoms with E-state index in [-0.39, 0.29) is 17.9 Å². The number of hydrogen-bond donors (Lipinski definition) is 0. The average Bonchev–Trinajstić information content (AvgIpc) is 3.28. The predicted octanol–water partition coefficient (Wildman–Crippen LogP) is 5.00. The van der Waals surface area contributed by atoms with E-state index in [1.807, 2.05) is 42.2 Å². The van der Waals surface area contributed by atoms with Crippen molar-refractivity contribution in [3.63, 3.8) is 0 Å². The number of hydrogen-bond acceptors (Lipinski definition) is 6. The first kappa shape index (κ1) is 23.4. The van der Waals surface area contributed by atoms with Crippen LogP contribution in [0.3, 0.4) is 0 Å². The lowest BCUT2D eigenvalue weighted by Crippen LogP contribution is -2.54. The number of carbonyl (C=O) groups is 1. The summed E-state index contributed by atoms with van der Waals surface area (Å²) in [7, 11) is 1.65. The van der Waals surface area contributed by atoms with Crippen LogP contribution in [-0.2, 0) is 0 Å². The molecule has 1 amide bonds. The molecule has 0 saturated carbocycles. The van der Waals surface area contributed by atoms with Crippen LogP contribution >= 0.6 is 0 Å². The summed E-state index contributed by atoms with van der Waals surface area (Å²) in [5.41, 5.74) is 3.86. The van der Waals surface area contributed by atoms with Gasteiger partial charge in [0.25, 0.3) is 5.91 Å². The Balaban J connectivity index is 1.68. The maximum absolute atomic E-state index is 13.0. The quantitative estimate of drug-likeness (QED) is 0.535. The van der Waals surface area contributed by atoms with Crippen LogP contribution in [0.1, 0.15) is 54.1 Å². The molecule has 1 aliphatic heterocycles. The topological polar surface area (TPSA) is 82.6 Å². The van der Waals surface area contributed by atoms with Gasteiger partial charge in [0.15, 0.2) is 0 Å². The van der Waals surface area contributed by atoms with E-state index in [9.17, 15) is 10.1 Å². The minimum absolute atomic E-state index is 0.0266. The Morgan fingerprint density at radius 3 is 2.62 bits per heavy atom. The number of carbonyl (C=O) groups excluding carboxylic acids is 1. The molecule has 3 heterocycles. The SMILES string of the molecule is COc1ccccc1-c1cc(C#N)c(N2CCN(C(=O)c3ccoc3C)C(C)C2)nc1C(C)C. The summed E-state index contributed by atoms with van der Waals surface area (Å²) in [6, 6.07) is 13.7. The molecule has 0 N–H and O–H groups in total. The number of piperazine rings is 1. The second kappa shape index (κ2) is 9.60. The zero-order chi connectivity index (χ0) is 24.4. The van der Waals surface area contributed by atoms with Crippen molar-refractivity contribution in [3.8, 4) is 22.9 Å². The van der Waals surface area contributed by atoms with Gasteiger partial charge in [0.2, 0.25) is 0 Å². The van der Waals surface area contributed by atoms with Crippen molar-refractivity contribution in [1.29, 1.82) is 5.26 Å². The molecule has 1 fully saturated rings. The smallest absolute Gasteiger partial charge is 0.257 e. The summed E-state index contributed by atoms with van der Waals surface area (Å²) in [6.07, 6.45) is 1.54. The molecule has 2 aromatic heterocycles. The van der Waals surface area contributed by atoms with Gasteiger partial charge in [0.1, 0.15) is 23.4 Å². The van der Waals surface area contributed by atoms with Gasteiger partial charge in [-0.2, -0.15) is 5.26 Å². The molecule has 7 heteroatoms. The molecule has 1 atom stereocenters. The first-order valence-corrected chi connectivity index (χ1v) is 11.5. The molecule has 1 aromatic carbocycles. The highest BCUT2D eigenvalue weighted by atomic mass is 16.5. The van der Waals surface area contributed by atoms with Gasteiger partial charge in [-0.3, -0.25) is 4.79 Å². The van der Waals surface area contributed by atoms with Crippen LogP contribution in [0.2, 0.25) is 0 Å². The second-order valence-electron chi connectivity index (χ2n) is 8.94. The highest BCUT2D eigenvalue weighted by molar-refractivity contribution is 5.95. The molecule has 1 unspecified atom stereocenters. The van der Waals surface area contributed by atoms with E-state index in [0.29, 0.717) is 42.3 Å². The molecule has 1 aliphatic rings. The molecular weight excluding hydrogens is 428 g/mol. The van der Waals surface area contributed by atoms with E-state index in [0.717, 1.165) is 22.6 Å². The minimum atomic E-state index is -0.0414. The van der Waals surface area contributed by atoms with E-state index in [1.165, 1.54) is 0 Å². The number of nitrogens with zero attached hydrogens (tertiary/aromatic N) is 4. The maximum Gasteiger partial charge on any atom is 0.257 e. The molecule has 0 radical (unpaired) electrons. The third-order valence-electron chi connectivity index (χ3n) is 6.37. The van der Waals surface area contributed by atoms with Crippen molar-refractivity contribution in [2.45, 2.75) is 39.7 Å². The molecule has 0 spiro atoms. The van der Waals surface area contributed by atoms with Gasteiger partial charge >= 0.3 is 0 Å². The van der Waals surface area contributed by atoms with Gasteiger partial charge in [0.05, 0.1) is 30.2 Å². The van der Waals surface area contributed by atoms with Crippen LogP contribution in [0, 0.1) is 18.3 Å². The van der Waals surface area contributed by atoms with Crippen molar-refractivity contribution in [2.75, 3.05) is 31.6 Å². The average molecular weight is 459 g/mol. The summed E-state index contributed by atoms with van der Waals surface area (Å²) < 4.78 is 10.9. The third-order valence-corrected chi connectivity index (χ3v) is 6.37. The van der Waals surface area contributed by atoms with Crippen LogP contribution in [0.15, 0.2) is 47.1 Å². The molecule has 1 saturated heterocycles. The van der Waals surface area contributed by atoms with Crippen molar-refractivity contribution in [1.82, 2.24) is 9.88 Å². The summed E-state index contributed by atoms with van der Waals surface area (Å²) in [6.45, 7) is 9.76. The highest BCUT2D eigenvalue weighted by Crippen LogP contribution is 2.37. The number of rotatable bonds is 5. The molecule has 176 valence electrons. The summed E-state index contributed by atoms with van der Waals surface area (Å²) in [4.78, 5) is 22.0. The van der Waals surface area contributed by atoms with Crippen molar-refractivity contribution in [3.05, 3.63) is 65.2 Å². The van der Waals surface area contributed by atoms with E-state index < -0.39 is 0 Å². The predicted molar refractivity (Wildman–Crippen MR) is 131 cm³/mol. The van der Waals surface area contributed by atoms with E-state index in [2.05, 4.69) is 24.8 Å². The van der Waals surface area contributed by atoms with Gasteiger partial charge in [0, 0.05) is 36.8 Å². The first-order chi connectivity index (χ1) is 16.3. The molecule has 7 nitrogen and oxygen atoms in total. The fraction of sp³-hybridized carbons (Fsp3) is 0.370. The summed E-state index contributed by atoms with van der Waals surface area (Å²) >= 11 is 0. The lowest BCUT2D eigenvalue weighted by molar-refractivity contribution is 0.0672. The van der Waals surface area contributed by atoms with Crippen LogP contribution in [-0.4, -0.2) is 48.6 Å². The van der Waals surface area contributed by atoms with E-state index >= 15 is 0 Å². The molecular formula is C27H30N4O3. The number of amides is 1. The Morgan fingerprint density at radius 1 is 1.24 bits per heavy atom. The Morgan fingerprint density at radius 2 is 2.00 bits per heavy atom. The van der Waals surface area contributed by atoms with E-state index in [4.69, 9.17) is 14.1 Å². The number of methoxy groups -OCH3 is 1. The zero-order valence-electron chi connectivity index (χ0n) is 20.3. The first-order valence-electron chi connectivity index (χ1n) is 11.5. The second-order valence-corrected chi connectivity index (χ2v) is 8.94. The number of aryl methyl sites for hydroxylation is 1. The number of aromatic nitrogens is 1. The van der Waals surface area contributed by atoms with Crippen LogP contribution in [0.25, 0.3) is 11.1 Å². The Hall–Kier alpha value is -3.79. The van der Waals surface area contributed by atoms with Crippen molar-refractivity contribution in [2.24, 2.45) is 0 Å². The number of anilines is 1. The standard InChI is InChI=1S/C27H30N4O3/c1-17(2)25-23(22-8-6-7-9-24(22)33-5)14-20(15-28)26(29-25)30-11-12-31(18(3)16-30)27(32)21-10-13-34-19(21)4/h6-10,13-14,17-18H,11-12,16H2,1-5H3. The van der Waals surface area contributed by atoms with Gasteiger partial charge in [-0.1, -0.05) is 32.0 Å². The van der Waals surface area contributed by atoms with Gasteiger partial charge in [-0.05, 0) is 38.0 Å². The highest BCUT2D eigenvalue weighted by Gasteiger charge is 2.31. The van der Waals surface area contributed by atoms with Crippen LogP contribution in [0.5, 0.6) is 5.75 Å². The lowest BCUT2D eigenvalue weighted by Gasteiger charge is -2.40. The monoisotopic (exact) mass is 458 g/mol. The zero-order valence-corrected chi connectivity index (χ0v) is 20.3. The molecule has 34 heavy (non-hydrogen) atoms. The van der Waals surface area contributed by atoms with Crippen molar-refractivity contribution < 1.29 is 13.9 Å². The number of furan rings is 1. The van der Waals surface area contributed by atoms with Crippen LogP contribution in [0.4, 0.5) is 5.82 Å². The number of ether oxygens (including phenoxy) is 1. The minimum Gasteiger partial charge on any atom is -0.496 e. The largest absolute Gasteiger partial charge is 0.496 e. The van der Waals surface area contributed by atoms with Crippen LogP contribution < -0.4 is 9.64 Å². The van der Waals surface area contributed by atoms with Gasteiger partial charge in [-0.25, -0.2) is 4.98 Å². The normalized spacial score (nSPS) is 16.0. The molecule has 3 aromatic rings. The Labute approximate surface area is 200 Å². The lowest BCUT2D eigenvalue weighted by atomic mass is 9.95. The number of nitriles is 1. The number of pyridine rings is 1. The number of para-hydroxylation sites is 1. The molecule has 0 aliphatic carbocycles. The fourth-order valence-electron chi connectivity index (χ4n) is 4.58. The summed E-state index contributed by atoms with van der Waals surface area (Å²) in [5.74, 6) is 2.17. The summed E-state index contributed by atoms with van der Waals surface area (Å²) in [5, 5.41) is 10.0. The molecule has 0 bridgehead atoms. The number of benzene rings is 1. The molecule has 4 rings (SSSR count). The van der Waals surface area contributed by atoms with Gasteiger partial charge in [-0.15, -0.1) is 0 Å². The maximum atomic E-state index is 13.0. The Kier molecular flexibility index (Phi) is 6.60. The fourth-order valence-corrected chi connectivity index (χ4v) is 4.58. The third kappa shape index (κ3) is 4.24. The van der Waals surface area contributed by atoms with E-state index in [1.54, 1.807) is 26.4 Å². The Bertz CT molecular complexity index is 1240. The van der Waals surface area contributed by atoms with Gasteiger partial charge < -0.3 is 19.0 Å². The van der Waals surface area contributed by atoms with Crippen molar-refractivity contribution >= 4 is 11.7 Å².